The number of carbonyl (C=O) groups excluding carboxylic acids is 2. The Morgan fingerprint density at radius 2 is 1.81 bits per heavy atom. The number of rotatable bonds is 3. The fraction of sp³-hybridized carbons (Fsp3) is 0.400. The summed E-state index contributed by atoms with van der Waals surface area (Å²) in [6.45, 7) is -0.0237. The fourth-order valence-electron chi connectivity index (χ4n) is 3.76. The van der Waals surface area contributed by atoms with Gasteiger partial charge in [-0.05, 0) is 35.6 Å². The van der Waals surface area contributed by atoms with Gasteiger partial charge in [0.25, 0.3) is 0 Å². The Bertz CT molecular complexity index is 850. The van der Waals surface area contributed by atoms with Gasteiger partial charge < -0.3 is 9.64 Å². The number of carbonyl (C=O) groups is 2. The number of fused-ring (bicyclic) bond motifs is 1. The maximum Gasteiger partial charge on any atom is 0.471 e. The third-order valence-corrected chi connectivity index (χ3v) is 5.03. The Kier molecular flexibility index (Phi) is 5.39. The Morgan fingerprint density at radius 1 is 1.11 bits per heavy atom. The second-order valence-electron chi connectivity index (χ2n) is 6.67. The van der Waals surface area contributed by atoms with E-state index < -0.39 is 30.0 Å². The number of hydrogen-bond acceptors (Lipinski definition) is 3. The first-order chi connectivity index (χ1) is 12.8. The molecule has 7 heteroatoms. The number of hydrogen-bond donors (Lipinski definition) is 0. The van der Waals surface area contributed by atoms with E-state index in [4.69, 9.17) is 4.74 Å². The molecule has 1 heterocycles. The molecule has 1 amide bonds. The Balaban J connectivity index is 2.04. The van der Waals surface area contributed by atoms with E-state index in [1.807, 2.05) is 30.3 Å². The predicted molar refractivity (Wildman–Crippen MR) is 94.1 cm³/mol. The van der Waals surface area contributed by atoms with E-state index >= 15 is 0 Å². The average Bonchev–Trinajstić information content (AvgIpc) is 2.67. The van der Waals surface area contributed by atoms with Crippen LogP contribution in [-0.2, 0) is 14.3 Å². The maximum atomic E-state index is 13.1. The lowest BCUT2D eigenvalue weighted by atomic mass is 9.84. The summed E-state index contributed by atoms with van der Waals surface area (Å²) in [5.74, 6) is -3.51. The van der Waals surface area contributed by atoms with Gasteiger partial charge in [-0.25, -0.2) is 0 Å². The molecule has 0 aromatic heterocycles. The second kappa shape index (κ2) is 7.58. The molecule has 0 bridgehead atoms. The standard InChI is InChI=1S/C20H20F3NO3/c1-27-18(25)17(15-10-9-13-6-2-3-7-14(13)12-15)16-8-4-5-11-24(16)19(26)20(21,22)23/h2-3,6-7,9-10,12,16-17H,4-5,8,11H2,1H3/t16-,17-/m1/s1. The summed E-state index contributed by atoms with van der Waals surface area (Å²) in [7, 11) is 1.20. The summed E-state index contributed by atoms with van der Waals surface area (Å²) in [5.41, 5.74) is 0.549. The molecule has 2 atom stereocenters. The molecule has 144 valence electrons. The highest BCUT2D eigenvalue weighted by Gasteiger charge is 2.48. The molecule has 0 saturated carbocycles. The highest BCUT2D eigenvalue weighted by atomic mass is 19.4. The van der Waals surface area contributed by atoms with Gasteiger partial charge >= 0.3 is 18.1 Å². The molecule has 2 aromatic carbocycles. The van der Waals surface area contributed by atoms with Gasteiger partial charge in [0.15, 0.2) is 0 Å². The number of amides is 1. The molecule has 1 fully saturated rings. The van der Waals surface area contributed by atoms with Gasteiger partial charge in [-0.1, -0.05) is 42.5 Å². The number of alkyl halides is 3. The van der Waals surface area contributed by atoms with Gasteiger partial charge in [0.2, 0.25) is 0 Å². The van der Waals surface area contributed by atoms with Crippen molar-refractivity contribution in [1.29, 1.82) is 0 Å². The molecular weight excluding hydrogens is 359 g/mol. The smallest absolute Gasteiger partial charge is 0.468 e. The van der Waals surface area contributed by atoms with E-state index in [-0.39, 0.29) is 6.54 Å². The van der Waals surface area contributed by atoms with E-state index in [0.717, 1.165) is 15.7 Å². The summed E-state index contributed by atoms with van der Waals surface area (Å²) in [4.78, 5) is 25.3. The van der Waals surface area contributed by atoms with Crippen molar-refractivity contribution in [3.05, 3.63) is 48.0 Å². The number of ether oxygens (including phenoxy) is 1. The lowest BCUT2D eigenvalue weighted by molar-refractivity contribution is -0.190. The number of likely N-dealkylation sites (tertiary alicyclic amines) is 1. The number of benzene rings is 2. The van der Waals surface area contributed by atoms with Crippen LogP contribution in [-0.4, -0.2) is 42.6 Å². The van der Waals surface area contributed by atoms with Crippen LogP contribution in [0.15, 0.2) is 42.5 Å². The highest BCUT2D eigenvalue weighted by molar-refractivity contribution is 5.87. The quantitative estimate of drug-likeness (QED) is 0.757. The van der Waals surface area contributed by atoms with E-state index in [9.17, 15) is 22.8 Å². The maximum absolute atomic E-state index is 13.1. The van der Waals surface area contributed by atoms with Crippen LogP contribution in [0.4, 0.5) is 13.2 Å². The van der Waals surface area contributed by atoms with Gasteiger partial charge in [-0.15, -0.1) is 0 Å². The van der Waals surface area contributed by atoms with Crippen molar-refractivity contribution in [2.24, 2.45) is 0 Å². The topological polar surface area (TPSA) is 46.6 Å². The van der Waals surface area contributed by atoms with Crippen molar-refractivity contribution in [2.75, 3.05) is 13.7 Å². The van der Waals surface area contributed by atoms with Gasteiger partial charge in [-0.2, -0.15) is 13.2 Å². The summed E-state index contributed by atoms with van der Waals surface area (Å²) in [6.07, 6.45) is -3.54. The van der Waals surface area contributed by atoms with E-state index in [1.54, 1.807) is 12.1 Å². The molecule has 0 aliphatic carbocycles. The van der Waals surface area contributed by atoms with Gasteiger partial charge in [0, 0.05) is 12.6 Å². The predicted octanol–water partition coefficient (Wildman–Crippen LogP) is 4.04. The number of esters is 1. The largest absolute Gasteiger partial charge is 0.471 e. The van der Waals surface area contributed by atoms with Gasteiger partial charge in [0.1, 0.15) is 5.92 Å². The lowest BCUT2D eigenvalue weighted by Gasteiger charge is -2.39. The van der Waals surface area contributed by atoms with Gasteiger partial charge in [-0.3, -0.25) is 9.59 Å². The monoisotopic (exact) mass is 379 g/mol. The molecule has 1 aliphatic heterocycles. The Hall–Kier alpha value is -2.57. The molecule has 4 nitrogen and oxygen atoms in total. The molecular formula is C20H20F3NO3. The van der Waals surface area contributed by atoms with Crippen LogP contribution in [0.25, 0.3) is 10.8 Å². The Labute approximate surface area is 154 Å². The van der Waals surface area contributed by atoms with Crippen LogP contribution in [0.2, 0.25) is 0 Å². The first kappa shape index (κ1) is 19.2. The fourth-order valence-corrected chi connectivity index (χ4v) is 3.76. The van der Waals surface area contributed by atoms with Crippen molar-refractivity contribution in [2.45, 2.75) is 37.4 Å². The first-order valence-electron chi connectivity index (χ1n) is 8.77. The summed E-state index contributed by atoms with van der Waals surface area (Å²) in [5, 5.41) is 1.82. The number of piperidine rings is 1. The minimum atomic E-state index is -4.97. The van der Waals surface area contributed by atoms with Crippen molar-refractivity contribution < 1.29 is 27.5 Å². The zero-order valence-electron chi connectivity index (χ0n) is 14.8. The molecule has 0 radical (unpaired) electrons. The van der Waals surface area contributed by atoms with Crippen molar-refractivity contribution in [3.63, 3.8) is 0 Å². The minimum Gasteiger partial charge on any atom is -0.468 e. The second-order valence-corrected chi connectivity index (χ2v) is 6.67. The molecule has 1 aliphatic rings. The summed E-state index contributed by atoms with van der Waals surface area (Å²) >= 11 is 0. The van der Waals surface area contributed by atoms with Crippen LogP contribution in [0, 0.1) is 0 Å². The molecule has 27 heavy (non-hydrogen) atoms. The number of halogens is 3. The van der Waals surface area contributed by atoms with E-state index in [1.165, 1.54) is 7.11 Å². The third kappa shape index (κ3) is 3.91. The molecule has 1 saturated heterocycles. The first-order valence-corrected chi connectivity index (χ1v) is 8.77. The SMILES string of the molecule is COC(=O)[C@H](c1ccc2ccccc2c1)[C@H]1CCCCN1C(=O)C(F)(F)F. The van der Waals surface area contributed by atoms with Crippen LogP contribution in [0.1, 0.15) is 30.7 Å². The molecule has 3 rings (SSSR count). The normalized spacial score (nSPS) is 19.0. The zero-order valence-corrected chi connectivity index (χ0v) is 14.8. The zero-order chi connectivity index (χ0) is 19.6. The molecule has 0 spiro atoms. The van der Waals surface area contributed by atoms with Crippen LogP contribution in [0.3, 0.4) is 0 Å². The van der Waals surface area contributed by atoms with E-state index in [2.05, 4.69) is 0 Å². The van der Waals surface area contributed by atoms with Crippen LogP contribution in [0.5, 0.6) is 0 Å². The van der Waals surface area contributed by atoms with Gasteiger partial charge in [0.05, 0.1) is 7.11 Å². The molecule has 0 N–H and O–H groups in total. The molecule has 2 aromatic rings. The van der Waals surface area contributed by atoms with Crippen molar-refractivity contribution in [1.82, 2.24) is 4.90 Å². The third-order valence-electron chi connectivity index (χ3n) is 5.03. The molecule has 0 unspecified atom stereocenters. The summed E-state index contributed by atoms with van der Waals surface area (Å²) in [6, 6.07) is 11.9. The minimum absolute atomic E-state index is 0.0237. The highest BCUT2D eigenvalue weighted by Crippen LogP contribution is 2.35. The van der Waals surface area contributed by atoms with Crippen molar-refractivity contribution in [3.8, 4) is 0 Å². The Morgan fingerprint density at radius 3 is 2.48 bits per heavy atom. The number of methoxy groups -OCH3 is 1. The summed E-state index contributed by atoms with van der Waals surface area (Å²) < 4.78 is 44.1. The average molecular weight is 379 g/mol. The number of nitrogens with zero attached hydrogens (tertiary/aromatic N) is 1. The lowest BCUT2D eigenvalue weighted by Crippen LogP contribution is -2.53. The van der Waals surface area contributed by atoms with Crippen LogP contribution < -0.4 is 0 Å². The van der Waals surface area contributed by atoms with Crippen LogP contribution >= 0.6 is 0 Å². The van der Waals surface area contributed by atoms with E-state index in [0.29, 0.717) is 24.8 Å². The van der Waals surface area contributed by atoms with Crippen molar-refractivity contribution >= 4 is 22.6 Å².